The molecule has 41 heavy (non-hydrogen) atoms. The Bertz CT molecular complexity index is 1720. The first-order valence-corrected chi connectivity index (χ1v) is 14.0. The lowest BCUT2D eigenvalue weighted by molar-refractivity contribution is 0.171. The molecular formula is C33H31N5O3. The summed E-state index contributed by atoms with van der Waals surface area (Å²) in [6, 6.07) is 27.8. The minimum atomic E-state index is -0.329. The Kier molecular flexibility index (Phi) is 6.23. The molecule has 1 unspecified atom stereocenters. The maximum atomic E-state index is 14.2. The molecule has 1 N–H and O–H groups in total. The lowest BCUT2D eigenvalue weighted by Gasteiger charge is -2.31. The number of carbonyl (C=O) groups excluding carboxylic acids is 1. The zero-order chi connectivity index (χ0) is 27.9. The Morgan fingerprint density at radius 2 is 1.73 bits per heavy atom. The van der Waals surface area contributed by atoms with Crippen molar-refractivity contribution in [3.63, 3.8) is 0 Å². The molecule has 0 spiro atoms. The minimum absolute atomic E-state index is 0.210. The molecule has 0 radical (unpaired) electrons. The van der Waals surface area contributed by atoms with Gasteiger partial charge < -0.3 is 24.3 Å². The van der Waals surface area contributed by atoms with Gasteiger partial charge in [0.1, 0.15) is 19.0 Å². The highest BCUT2D eigenvalue weighted by Crippen LogP contribution is 2.39. The molecule has 0 saturated heterocycles. The van der Waals surface area contributed by atoms with Gasteiger partial charge in [-0.2, -0.15) is 5.10 Å². The van der Waals surface area contributed by atoms with Crippen LogP contribution in [0.25, 0.3) is 11.5 Å². The number of urea groups is 1. The predicted molar refractivity (Wildman–Crippen MR) is 157 cm³/mol. The van der Waals surface area contributed by atoms with Crippen LogP contribution in [0, 0.1) is 6.92 Å². The van der Waals surface area contributed by atoms with Gasteiger partial charge in [0.2, 0.25) is 0 Å². The van der Waals surface area contributed by atoms with E-state index in [1.807, 2.05) is 71.1 Å². The van der Waals surface area contributed by atoms with Crippen molar-refractivity contribution in [2.45, 2.75) is 32.9 Å². The summed E-state index contributed by atoms with van der Waals surface area (Å²) in [7, 11) is 0. The number of hydrogen-bond donors (Lipinski definition) is 1. The number of aromatic nitrogens is 3. The third-order valence-electron chi connectivity index (χ3n) is 7.84. The number of carbonyl (C=O) groups is 1. The van der Waals surface area contributed by atoms with Crippen LogP contribution in [0.5, 0.6) is 11.5 Å². The number of anilines is 1. The van der Waals surface area contributed by atoms with E-state index in [9.17, 15) is 4.79 Å². The molecule has 5 aromatic rings. The Hall–Kier alpha value is -4.98. The number of fused-ring (bicyclic) bond motifs is 4. The van der Waals surface area contributed by atoms with Crippen LogP contribution in [0.3, 0.4) is 0 Å². The van der Waals surface area contributed by atoms with Gasteiger partial charge in [0.05, 0.1) is 29.7 Å². The lowest BCUT2D eigenvalue weighted by Crippen LogP contribution is -2.38. The van der Waals surface area contributed by atoms with E-state index in [0.29, 0.717) is 36.9 Å². The van der Waals surface area contributed by atoms with Crippen LogP contribution in [0.15, 0.2) is 91.1 Å². The Balaban J connectivity index is 1.35. The summed E-state index contributed by atoms with van der Waals surface area (Å²) in [5.41, 5.74) is 6.78. The first-order chi connectivity index (χ1) is 20.1. The Morgan fingerprint density at radius 3 is 2.51 bits per heavy atom. The topological polar surface area (TPSA) is 73.6 Å². The molecule has 2 aliphatic heterocycles. The van der Waals surface area contributed by atoms with E-state index >= 15 is 0 Å². The van der Waals surface area contributed by atoms with E-state index in [2.05, 4.69) is 53.3 Å². The number of aryl methyl sites for hydroxylation is 2. The quantitative estimate of drug-likeness (QED) is 0.282. The van der Waals surface area contributed by atoms with Crippen LogP contribution in [0.1, 0.15) is 41.0 Å². The number of rotatable bonds is 4. The highest BCUT2D eigenvalue weighted by molar-refractivity contribution is 5.90. The monoisotopic (exact) mass is 545 g/mol. The molecule has 0 aliphatic carbocycles. The van der Waals surface area contributed by atoms with Crippen molar-refractivity contribution in [3.8, 4) is 23.0 Å². The maximum absolute atomic E-state index is 14.2. The van der Waals surface area contributed by atoms with Gasteiger partial charge in [-0.05, 0) is 60.9 Å². The molecule has 1 atom stereocenters. The second kappa shape index (κ2) is 10.2. The molecule has 0 fully saturated rings. The zero-order valence-corrected chi connectivity index (χ0v) is 23.1. The fraction of sp³-hybridized carbons (Fsp3) is 0.212. The number of benzene rings is 3. The van der Waals surface area contributed by atoms with Crippen molar-refractivity contribution in [2.75, 3.05) is 18.5 Å². The molecule has 2 amide bonds. The van der Waals surface area contributed by atoms with Crippen molar-refractivity contribution in [2.24, 2.45) is 0 Å². The molecule has 8 heteroatoms. The largest absolute Gasteiger partial charge is 0.486 e. The molecule has 206 valence electrons. The second-order valence-corrected chi connectivity index (χ2v) is 10.4. The summed E-state index contributed by atoms with van der Waals surface area (Å²) in [6.07, 6.45) is 3.01. The van der Waals surface area contributed by atoms with E-state index in [0.717, 1.165) is 40.4 Å². The highest BCUT2D eigenvalue weighted by atomic mass is 16.6. The Morgan fingerprint density at radius 1 is 0.951 bits per heavy atom. The molecule has 0 saturated carbocycles. The predicted octanol–water partition coefficient (Wildman–Crippen LogP) is 6.44. The Labute approximate surface area is 238 Å². The van der Waals surface area contributed by atoms with E-state index in [4.69, 9.17) is 14.6 Å². The smallest absolute Gasteiger partial charge is 0.322 e. The van der Waals surface area contributed by atoms with Crippen LogP contribution in [0.2, 0.25) is 0 Å². The summed E-state index contributed by atoms with van der Waals surface area (Å²) < 4.78 is 15.6. The number of nitrogens with one attached hydrogen (secondary N) is 1. The summed E-state index contributed by atoms with van der Waals surface area (Å²) in [5, 5.41) is 8.07. The third kappa shape index (κ3) is 4.41. The number of para-hydroxylation sites is 1. The molecular weight excluding hydrogens is 514 g/mol. The van der Waals surface area contributed by atoms with E-state index < -0.39 is 0 Å². The number of ether oxygens (including phenoxy) is 2. The third-order valence-corrected chi connectivity index (χ3v) is 7.84. The first kappa shape index (κ1) is 25.0. The van der Waals surface area contributed by atoms with Crippen LogP contribution >= 0.6 is 0 Å². The highest BCUT2D eigenvalue weighted by Gasteiger charge is 2.36. The van der Waals surface area contributed by atoms with Gasteiger partial charge in [-0.3, -0.25) is 0 Å². The normalized spacial score (nSPS) is 15.6. The van der Waals surface area contributed by atoms with Crippen molar-refractivity contribution < 1.29 is 14.3 Å². The van der Waals surface area contributed by atoms with Crippen molar-refractivity contribution in [1.82, 2.24) is 19.2 Å². The van der Waals surface area contributed by atoms with Gasteiger partial charge in [-0.15, -0.1) is 0 Å². The molecule has 2 aromatic heterocycles. The van der Waals surface area contributed by atoms with Gasteiger partial charge in [-0.25, -0.2) is 9.48 Å². The molecule has 3 aromatic carbocycles. The van der Waals surface area contributed by atoms with Gasteiger partial charge in [-0.1, -0.05) is 49.4 Å². The van der Waals surface area contributed by atoms with Gasteiger partial charge >= 0.3 is 6.03 Å². The van der Waals surface area contributed by atoms with Crippen LogP contribution in [-0.4, -0.2) is 38.5 Å². The SMILES string of the molecule is CCc1ccc(C2c3cccn3-c3c(c(C)nn3-c3ccccc3)CN2C(=O)Nc2ccc3c(c2)OCCO3)cc1. The van der Waals surface area contributed by atoms with Crippen LogP contribution in [0.4, 0.5) is 10.5 Å². The fourth-order valence-electron chi connectivity index (χ4n) is 5.75. The molecule has 2 aliphatic rings. The van der Waals surface area contributed by atoms with Crippen molar-refractivity contribution in [1.29, 1.82) is 0 Å². The zero-order valence-electron chi connectivity index (χ0n) is 23.1. The number of nitrogens with zero attached hydrogens (tertiary/aromatic N) is 4. The summed E-state index contributed by atoms with van der Waals surface area (Å²) in [6.45, 7) is 5.54. The number of hydrogen-bond acceptors (Lipinski definition) is 4. The molecule has 8 nitrogen and oxygen atoms in total. The average molecular weight is 546 g/mol. The molecule has 7 rings (SSSR count). The minimum Gasteiger partial charge on any atom is -0.486 e. The van der Waals surface area contributed by atoms with Gasteiger partial charge in [0.15, 0.2) is 11.5 Å². The second-order valence-electron chi connectivity index (χ2n) is 10.4. The van der Waals surface area contributed by atoms with E-state index in [-0.39, 0.29) is 12.1 Å². The van der Waals surface area contributed by atoms with Gasteiger partial charge in [0.25, 0.3) is 0 Å². The van der Waals surface area contributed by atoms with Crippen LogP contribution in [-0.2, 0) is 13.0 Å². The standard InChI is InChI=1S/C33H31N5O3/c1-3-23-11-13-24(14-12-23)31-28-10-7-17-36(28)32-27(22(2)35-38(32)26-8-5-4-6-9-26)21-37(31)33(39)34-25-15-16-29-30(20-25)41-19-18-40-29/h4-17,20,31H,3,18-19,21H2,1-2H3,(H,34,39). The van der Waals surface area contributed by atoms with E-state index in [1.54, 1.807) is 0 Å². The fourth-order valence-corrected chi connectivity index (χ4v) is 5.75. The summed E-state index contributed by atoms with van der Waals surface area (Å²) in [5.74, 6) is 2.26. The lowest BCUT2D eigenvalue weighted by atomic mass is 9.99. The van der Waals surface area contributed by atoms with Crippen molar-refractivity contribution in [3.05, 3.63) is 119 Å². The van der Waals surface area contributed by atoms with Crippen LogP contribution < -0.4 is 14.8 Å². The number of amides is 2. The summed E-state index contributed by atoms with van der Waals surface area (Å²) in [4.78, 5) is 16.1. The van der Waals surface area contributed by atoms with Gasteiger partial charge in [0, 0.05) is 23.5 Å². The molecule has 4 heterocycles. The molecule has 0 bridgehead atoms. The van der Waals surface area contributed by atoms with Crippen molar-refractivity contribution >= 4 is 11.7 Å². The first-order valence-electron chi connectivity index (χ1n) is 14.0. The van der Waals surface area contributed by atoms with E-state index in [1.165, 1.54) is 5.56 Å². The average Bonchev–Trinajstić information content (AvgIpc) is 3.58. The maximum Gasteiger partial charge on any atom is 0.322 e. The summed E-state index contributed by atoms with van der Waals surface area (Å²) >= 11 is 0.